The van der Waals surface area contributed by atoms with Gasteiger partial charge in [-0.2, -0.15) is 0 Å². The molecule has 0 saturated carbocycles. The topological polar surface area (TPSA) is 0 Å². The maximum absolute atomic E-state index is 2.46. The fourth-order valence-electron chi connectivity index (χ4n) is 7.78. The molecular weight excluding hydrogens is 513 g/mol. The first kappa shape index (κ1) is 23.5. The summed E-state index contributed by atoms with van der Waals surface area (Å²) in [6.45, 7) is 9.50. The summed E-state index contributed by atoms with van der Waals surface area (Å²) in [5, 5.41) is 5.39. The molecule has 1 heterocycles. The van der Waals surface area contributed by atoms with Gasteiger partial charge in [0.2, 0.25) is 0 Å². The molecule has 0 fully saturated rings. The first-order valence-corrected chi connectivity index (χ1v) is 15.4. The summed E-state index contributed by atoms with van der Waals surface area (Å²) >= 11 is 1.90. The first-order chi connectivity index (χ1) is 19.8. The van der Waals surface area contributed by atoms with Crippen molar-refractivity contribution in [2.75, 3.05) is 0 Å². The monoisotopic (exact) mass is 542 g/mol. The van der Waals surface area contributed by atoms with Crippen molar-refractivity contribution in [2.45, 2.75) is 38.5 Å². The van der Waals surface area contributed by atoms with Crippen molar-refractivity contribution in [1.29, 1.82) is 0 Å². The number of benzene rings is 6. The van der Waals surface area contributed by atoms with Gasteiger partial charge in [0.15, 0.2) is 0 Å². The van der Waals surface area contributed by atoms with Crippen LogP contribution in [-0.2, 0) is 10.8 Å². The fraction of sp³-hybridized carbons (Fsp3) is 0.150. The van der Waals surface area contributed by atoms with Crippen LogP contribution in [0.2, 0.25) is 0 Å². The lowest BCUT2D eigenvalue weighted by Gasteiger charge is -2.22. The lowest BCUT2D eigenvalue weighted by atomic mass is 9.81. The number of rotatable bonds is 1. The van der Waals surface area contributed by atoms with E-state index in [2.05, 4.69) is 137 Å². The van der Waals surface area contributed by atoms with Gasteiger partial charge in [0.05, 0.1) is 0 Å². The first-order valence-electron chi connectivity index (χ1n) is 14.6. The van der Waals surface area contributed by atoms with Crippen molar-refractivity contribution < 1.29 is 0 Å². The van der Waals surface area contributed by atoms with Crippen LogP contribution in [0.4, 0.5) is 0 Å². The van der Waals surface area contributed by atoms with E-state index in [4.69, 9.17) is 0 Å². The predicted molar refractivity (Wildman–Crippen MR) is 177 cm³/mol. The SMILES string of the molecule is CC1(C)c2ccccc2-c2ccc(-c3ccc4c(c3)-c3cc5cc6c(cc5cc3C4(C)C)sc3ccccc36)cc21. The van der Waals surface area contributed by atoms with E-state index in [-0.39, 0.29) is 10.8 Å². The Hall–Kier alpha value is -4.20. The summed E-state index contributed by atoms with van der Waals surface area (Å²) in [4.78, 5) is 0. The van der Waals surface area contributed by atoms with Crippen LogP contribution in [0.25, 0.3) is 64.3 Å². The van der Waals surface area contributed by atoms with Gasteiger partial charge in [0.25, 0.3) is 0 Å². The van der Waals surface area contributed by atoms with Crippen molar-refractivity contribution in [1.82, 2.24) is 0 Å². The Morgan fingerprint density at radius 3 is 1.93 bits per heavy atom. The molecule has 0 aliphatic heterocycles. The minimum Gasteiger partial charge on any atom is -0.135 e. The molecule has 1 aromatic heterocycles. The van der Waals surface area contributed by atoms with Gasteiger partial charge in [-0.15, -0.1) is 11.3 Å². The van der Waals surface area contributed by atoms with Gasteiger partial charge in [-0.3, -0.25) is 0 Å². The minimum absolute atomic E-state index is 0.00331. The summed E-state index contributed by atoms with van der Waals surface area (Å²) in [5.74, 6) is 0. The van der Waals surface area contributed by atoms with Crippen LogP contribution in [0, 0.1) is 0 Å². The van der Waals surface area contributed by atoms with E-state index >= 15 is 0 Å². The van der Waals surface area contributed by atoms with Crippen LogP contribution in [0.5, 0.6) is 0 Å². The van der Waals surface area contributed by atoms with E-state index in [0.29, 0.717) is 0 Å². The Morgan fingerprint density at radius 1 is 0.415 bits per heavy atom. The summed E-state index contributed by atoms with van der Waals surface area (Å²) in [6.07, 6.45) is 0. The molecule has 0 unspecified atom stereocenters. The van der Waals surface area contributed by atoms with E-state index in [9.17, 15) is 0 Å². The van der Waals surface area contributed by atoms with E-state index in [0.717, 1.165) is 0 Å². The Morgan fingerprint density at radius 2 is 1.05 bits per heavy atom. The summed E-state index contributed by atoms with van der Waals surface area (Å²) in [7, 11) is 0. The third-order valence-corrected chi connectivity index (χ3v) is 11.2. The van der Waals surface area contributed by atoms with E-state index in [1.807, 2.05) is 11.3 Å². The predicted octanol–water partition coefficient (Wildman–Crippen LogP) is 11.5. The zero-order chi connectivity index (χ0) is 27.7. The van der Waals surface area contributed by atoms with Gasteiger partial charge in [0, 0.05) is 31.0 Å². The van der Waals surface area contributed by atoms with Crippen LogP contribution in [0.1, 0.15) is 49.9 Å². The van der Waals surface area contributed by atoms with Crippen LogP contribution >= 0.6 is 11.3 Å². The van der Waals surface area contributed by atoms with E-state index < -0.39 is 0 Å². The van der Waals surface area contributed by atoms with Crippen molar-refractivity contribution in [3.8, 4) is 33.4 Å². The van der Waals surface area contributed by atoms with E-state index in [1.165, 1.54) is 86.6 Å². The third kappa shape index (κ3) is 3.05. The maximum Gasteiger partial charge on any atom is 0.0361 e. The van der Waals surface area contributed by atoms with Crippen molar-refractivity contribution in [3.05, 3.63) is 131 Å². The van der Waals surface area contributed by atoms with Crippen LogP contribution in [-0.4, -0.2) is 0 Å². The number of hydrogen-bond donors (Lipinski definition) is 0. The third-order valence-electron chi connectivity index (χ3n) is 10.0. The molecule has 41 heavy (non-hydrogen) atoms. The average Bonchev–Trinajstić information content (AvgIpc) is 3.54. The van der Waals surface area contributed by atoms with Crippen LogP contribution < -0.4 is 0 Å². The molecule has 0 bridgehead atoms. The number of thiophene rings is 1. The number of hydrogen-bond acceptors (Lipinski definition) is 1. The van der Waals surface area contributed by atoms with Crippen molar-refractivity contribution in [3.63, 3.8) is 0 Å². The van der Waals surface area contributed by atoms with Gasteiger partial charge >= 0.3 is 0 Å². The molecular formula is C40H30S. The molecule has 0 N–H and O–H groups in total. The molecule has 9 rings (SSSR count). The van der Waals surface area contributed by atoms with Crippen LogP contribution in [0.15, 0.2) is 109 Å². The molecule has 7 aromatic rings. The van der Waals surface area contributed by atoms with E-state index in [1.54, 1.807) is 0 Å². The second-order valence-electron chi connectivity index (χ2n) is 13.0. The zero-order valence-electron chi connectivity index (χ0n) is 23.8. The minimum atomic E-state index is -0.0337. The number of fused-ring (bicyclic) bond motifs is 10. The molecule has 2 aliphatic rings. The Bertz CT molecular complexity index is 2260. The lowest BCUT2D eigenvalue weighted by Crippen LogP contribution is -2.15. The molecule has 0 radical (unpaired) electrons. The van der Waals surface area contributed by atoms with Gasteiger partial charge in [-0.05, 0) is 109 Å². The lowest BCUT2D eigenvalue weighted by molar-refractivity contribution is 0.660. The Balaban J connectivity index is 1.22. The molecule has 0 nitrogen and oxygen atoms in total. The second kappa shape index (κ2) is 7.75. The highest BCUT2D eigenvalue weighted by Gasteiger charge is 2.37. The Kier molecular flexibility index (Phi) is 4.44. The smallest absolute Gasteiger partial charge is 0.0361 e. The highest BCUT2D eigenvalue weighted by atomic mass is 32.1. The molecule has 1 heteroatoms. The molecule has 0 atom stereocenters. The van der Waals surface area contributed by atoms with Gasteiger partial charge in [0.1, 0.15) is 0 Å². The normalized spacial score (nSPS) is 15.7. The maximum atomic E-state index is 2.46. The van der Waals surface area contributed by atoms with Gasteiger partial charge in [-0.1, -0.05) is 94.4 Å². The quantitative estimate of drug-likeness (QED) is 0.193. The molecule has 6 aromatic carbocycles. The van der Waals surface area contributed by atoms with Crippen molar-refractivity contribution in [2.24, 2.45) is 0 Å². The standard InChI is InChI=1S/C40H30S/c1-39(2)33-11-7-5-9-27(33)28-15-13-24(20-35(28)39)23-14-16-34-30(17-23)31-18-25-19-32-29-10-6-8-12-37(29)41-38(32)22-26(25)21-36(31)40(34,3)4/h5-22H,1-4H3. The Labute approximate surface area is 244 Å². The molecule has 2 aliphatic carbocycles. The summed E-state index contributed by atoms with van der Waals surface area (Å²) in [5.41, 5.74) is 13.8. The zero-order valence-corrected chi connectivity index (χ0v) is 24.6. The highest BCUT2D eigenvalue weighted by molar-refractivity contribution is 7.25. The molecule has 196 valence electrons. The van der Waals surface area contributed by atoms with Gasteiger partial charge < -0.3 is 0 Å². The summed E-state index contributed by atoms with van der Waals surface area (Å²) < 4.78 is 2.73. The second-order valence-corrected chi connectivity index (χ2v) is 14.1. The van der Waals surface area contributed by atoms with Crippen LogP contribution in [0.3, 0.4) is 0 Å². The highest BCUT2D eigenvalue weighted by Crippen LogP contribution is 2.53. The largest absolute Gasteiger partial charge is 0.135 e. The van der Waals surface area contributed by atoms with Gasteiger partial charge in [-0.25, -0.2) is 0 Å². The average molecular weight is 543 g/mol. The fourth-order valence-corrected chi connectivity index (χ4v) is 8.92. The molecule has 0 amide bonds. The summed E-state index contributed by atoms with van der Waals surface area (Å²) in [6, 6.07) is 41.7. The van der Waals surface area contributed by atoms with Crippen molar-refractivity contribution >= 4 is 42.3 Å². The molecule has 0 saturated heterocycles. The molecule has 0 spiro atoms.